The van der Waals surface area contributed by atoms with Crippen molar-refractivity contribution in [3.8, 4) is 17.2 Å². The van der Waals surface area contributed by atoms with Gasteiger partial charge >= 0.3 is 0 Å². The molecule has 0 radical (unpaired) electrons. The van der Waals surface area contributed by atoms with Crippen LogP contribution in [-0.2, 0) is 19.5 Å². The lowest BCUT2D eigenvalue weighted by atomic mass is 10.1. The van der Waals surface area contributed by atoms with Gasteiger partial charge in [-0.25, -0.2) is 0 Å². The summed E-state index contributed by atoms with van der Waals surface area (Å²) in [5.74, 6) is 2.63. The van der Waals surface area contributed by atoms with Crippen LogP contribution in [0.3, 0.4) is 0 Å². The second kappa shape index (κ2) is 8.26. The normalized spacial score (nSPS) is 12.6. The molecule has 0 amide bonds. The summed E-state index contributed by atoms with van der Waals surface area (Å²) in [6, 6.07) is 12.8. The Morgan fingerprint density at radius 3 is 2.44 bits per heavy atom. The van der Waals surface area contributed by atoms with Gasteiger partial charge in [-0.05, 0) is 53.9 Å². The summed E-state index contributed by atoms with van der Waals surface area (Å²) in [7, 11) is 1.74. The van der Waals surface area contributed by atoms with Gasteiger partial charge in [-0.1, -0.05) is 32.4 Å². The van der Waals surface area contributed by atoms with E-state index in [0.29, 0.717) is 6.79 Å². The van der Waals surface area contributed by atoms with Gasteiger partial charge in [-0.2, -0.15) is 0 Å². The van der Waals surface area contributed by atoms with Crippen molar-refractivity contribution in [1.82, 2.24) is 4.90 Å². The Balaban J connectivity index is 1.72. The Hall–Kier alpha value is -2.20. The predicted molar refractivity (Wildman–Crippen MR) is 99.3 cm³/mol. The number of ether oxygens (including phenoxy) is 3. The minimum absolute atomic E-state index is 0.320. The van der Waals surface area contributed by atoms with Crippen LogP contribution >= 0.6 is 0 Å². The van der Waals surface area contributed by atoms with Gasteiger partial charge in [0, 0.05) is 13.1 Å². The molecule has 0 atom stereocenters. The Bertz CT molecular complexity index is 714. The van der Waals surface area contributed by atoms with Crippen molar-refractivity contribution in [2.24, 2.45) is 0 Å². The van der Waals surface area contributed by atoms with E-state index < -0.39 is 0 Å². The van der Waals surface area contributed by atoms with Crippen molar-refractivity contribution in [3.63, 3.8) is 0 Å². The molecule has 1 heterocycles. The number of fused-ring (bicyclic) bond motifs is 1. The molecule has 2 aromatic rings. The first-order valence-corrected chi connectivity index (χ1v) is 8.99. The van der Waals surface area contributed by atoms with Gasteiger partial charge in [0.2, 0.25) is 6.79 Å². The summed E-state index contributed by atoms with van der Waals surface area (Å²) >= 11 is 0. The number of aryl methyl sites for hydroxylation is 1. The first kappa shape index (κ1) is 17.6. The molecule has 0 fully saturated rings. The predicted octanol–water partition coefficient (Wildman–Crippen LogP) is 4.40. The SMILES string of the molecule is CCCc1cc(CN(CC)Cc2ccc3c(c2)OCO3)cc(OC)c1. The van der Waals surface area contributed by atoms with Crippen molar-refractivity contribution in [2.45, 2.75) is 39.8 Å². The van der Waals surface area contributed by atoms with Crippen LogP contribution in [0.15, 0.2) is 36.4 Å². The fourth-order valence-electron chi connectivity index (χ4n) is 3.21. The number of hydrogen-bond donors (Lipinski definition) is 0. The molecule has 0 aromatic heterocycles. The molecule has 0 spiro atoms. The van der Waals surface area contributed by atoms with Crippen LogP contribution in [0.4, 0.5) is 0 Å². The van der Waals surface area contributed by atoms with Crippen LogP contribution in [0.2, 0.25) is 0 Å². The molecule has 2 aromatic carbocycles. The minimum atomic E-state index is 0.320. The summed E-state index contributed by atoms with van der Waals surface area (Å²) in [4.78, 5) is 2.42. The standard InChI is InChI=1S/C21H27NO3/c1-4-6-16-9-18(11-19(10-16)23-3)14-22(5-2)13-17-7-8-20-21(12-17)25-15-24-20/h7-12H,4-6,13-15H2,1-3H3. The van der Waals surface area contributed by atoms with Gasteiger partial charge in [0.25, 0.3) is 0 Å². The van der Waals surface area contributed by atoms with Crippen molar-refractivity contribution in [2.75, 3.05) is 20.4 Å². The van der Waals surface area contributed by atoms with Crippen molar-refractivity contribution in [3.05, 3.63) is 53.1 Å². The van der Waals surface area contributed by atoms with Crippen molar-refractivity contribution < 1.29 is 14.2 Å². The Morgan fingerprint density at radius 1 is 0.920 bits per heavy atom. The molecule has 134 valence electrons. The smallest absolute Gasteiger partial charge is 0.231 e. The lowest BCUT2D eigenvalue weighted by Crippen LogP contribution is -2.22. The monoisotopic (exact) mass is 341 g/mol. The third-order valence-corrected chi connectivity index (χ3v) is 4.50. The maximum atomic E-state index is 5.49. The second-order valence-corrected chi connectivity index (χ2v) is 6.43. The Morgan fingerprint density at radius 2 is 1.68 bits per heavy atom. The first-order valence-electron chi connectivity index (χ1n) is 8.99. The van der Waals surface area contributed by atoms with E-state index >= 15 is 0 Å². The van der Waals surface area contributed by atoms with Gasteiger partial charge in [0.15, 0.2) is 11.5 Å². The maximum absolute atomic E-state index is 5.49. The molecule has 0 bridgehead atoms. The third-order valence-electron chi connectivity index (χ3n) is 4.50. The molecule has 0 saturated carbocycles. The molecule has 0 aliphatic carbocycles. The highest BCUT2D eigenvalue weighted by Crippen LogP contribution is 2.33. The number of benzene rings is 2. The topological polar surface area (TPSA) is 30.9 Å². The third kappa shape index (κ3) is 4.45. The Labute approximate surface area is 150 Å². The average Bonchev–Trinajstić information content (AvgIpc) is 3.09. The van der Waals surface area contributed by atoms with Gasteiger partial charge in [-0.3, -0.25) is 4.90 Å². The van der Waals surface area contributed by atoms with Crippen LogP contribution in [0, 0.1) is 0 Å². The lowest BCUT2D eigenvalue weighted by Gasteiger charge is -2.21. The van der Waals surface area contributed by atoms with Crippen LogP contribution < -0.4 is 14.2 Å². The van der Waals surface area contributed by atoms with Gasteiger partial charge < -0.3 is 14.2 Å². The summed E-state index contributed by atoms with van der Waals surface area (Å²) in [5, 5.41) is 0. The van der Waals surface area contributed by atoms with Gasteiger partial charge in [0.1, 0.15) is 5.75 Å². The zero-order chi connectivity index (χ0) is 17.6. The molecule has 4 nitrogen and oxygen atoms in total. The van der Waals surface area contributed by atoms with E-state index in [9.17, 15) is 0 Å². The van der Waals surface area contributed by atoms with E-state index in [4.69, 9.17) is 14.2 Å². The lowest BCUT2D eigenvalue weighted by molar-refractivity contribution is 0.174. The maximum Gasteiger partial charge on any atom is 0.231 e. The van der Waals surface area contributed by atoms with Crippen LogP contribution in [0.25, 0.3) is 0 Å². The zero-order valence-corrected chi connectivity index (χ0v) is 15.4. The van der Waals surface area contributed by atoms with Gasteiger partial charge in [0.05, 0.1) is 7.11 Å². The number of methoxy groups -OCH3 is 1. The van der Waals surface area contributed by atoms with E-state index in [1.165, 1.54) is 16.7 Å². The molecule has 0 saturated heterocycles. The number of rotatable bonds is 8. The molecule has 0 N–H and O–H groups in total. The van der Waals surface area contributed by atoms with Crippen LogP contribution in [0.5, 0.6) is 17.2 Å². The highest BCUT2D eigenvalue weighted by atomic mass is 16.7. The van der Waals surface area contributed by atoms with Crippen LogP contribution in [0.1, 0.15) is 37.0 Å². The molecule has 25 heavy (non-hydrogen) atoms. The molecule has 1 aliphatic rings. The average molecular weight is 341 g/mol. The molecule has 0 unspecified atom stereocenters. The van der Waals surface area contributed by atoms with E-state index in [1.807, 2.05) is 6.07 Å². The first-order chi connectivity index (χ1) is 12.2. The van der Waals surface area contributed by atoms with E-state index in [1.54, 1.807) is 7.11 Å². The van der Waals surface area contributed by atoms with E-state index in [0.717, 1.165) is 49.7 Å². The summed E-state index contributed by atoms with van der Waals surface area (Å²) in [5.41, 5.74) is 3.88. The molecule has 4 heteroatoms. The van der Waals surface area contributed by atoms with Crippen molar-refractivity contribution >= 4 is 0 Å². The highest BCUT2D eigenvalue weighted by molar-refractivity contribution is 5.44. The quantitative estimate of drug-likeness (QED) is 0.712. The zero-order valence-electron chi connectivity index (χ0n) is 15.4. The van der Waals surface area contributed by atoms with Crippen LogP contribution in [-0.4, -0.2) is 25.3 Å². The van der Waals surface area contributed by atoms with E-state index in [2.05, 4.69) is 49.1 Å². The highest BCUT2D eigenvalue weighted by Gasteiger charge is 2.14. The fourth-order valence-corrected chi connectivity index (χ4v) is 3.21. The van der Waals surface area contributed by atoms with E-state index in [-0.39, 0.29) is 0 Å². The van der Waals surface area contributed by atoms with Gasteiger partial charge in [-0.15, -0.1) is 0 Å². The molecular formula is C21H27NO3. The summed E-state index contributed by atoms with van der Waals surface area (Å²) in [6.45, 7) is 7.48. The minimum Gasteiger partial charge on any atom is -0.497 e. The van der Waals surface area contributed by atoms with Crippen molar-refractivity contribution in [1.29, 1.82) is 0 Å². The number of nitrogens with zero attached hydrogens (tertiary/aromatic N) is 1. The largest absolute Gasteiger partial charge is 0.497 e. The molecule has 1 aliphatic heterocycles. The Kier molecular flexibility index (Phi) is 5.82. The fraction of sp³-hybridized carbons (Fsp3) is 0.429. The number of hydrogen-bond acceptors (Lipinski definition) is 4. The summed E-state index contributed by atoms with van der Waals surface area (Å²) < 4.78 is 16.4. The molecule has 3 rings (SSSR count). The summed E-state index contributed by atoms with van der Waals surface area (Å²) in [6.07, 6.45) is 2.22. The molecular weight excluding hydrogens is 314 g/mol. The second-order valence-electron chi connectivity index (χ2n) is 6.43.